The van der Waals surface area contributed by atoms with E-state index in [4.69, 9.17) is 0 Å². The van der Waals surface area contributed by atoms with Crippen LogP contribution in [0.15, 0.2) is 30.7 Å². The van der Waals surface area contributed by atoms with Gasteiger partial charge in [0.15, 0.2) is 11.6 Å². The molecule has 3 rings (SSSR count). The number of carbonyl (C=O) groups is 1. The van der Waals surface area contributed by atoms with Crippen molar-refractivity contribution in [1.29, 1.82) is 0 Å². The molecule has 5 nitrogen and oxygen atoms in total. The molecule has 1 fully saturated rings. The number of rotatable bonds is 3. The third-order valence-corrected chi connectivity index (χ3v) is 4.53. The van der Waals surface area contributed by atoms with Crippen LogP contribution in [0, 0.1) is 11.6 Å². The lowest BCUT2D eigenvalue weighted by Gasteiger charge is -2.32. The lowest BCUT2D eigenvalue weighted by molar-refractivity contribution is 0.177. The zero-order chi connectivity index (χ0) is 17.1. The van der Waals surface area contributed by atoms with Crippen molar-refractivity contribution < 1.29 is 13.6 Å². The highest BCUT2D eigenvalue weighted by Crippen LogP contribution is 2.26. The molecule has 1 atom stereocenters. The Hall–Kier alpha value is -2.44. The predicted octanol–water partition coefficient (Wildman–Crippen LogP) is 3.34. The number of halogens is 2. The molecule has 0 bridgehead atoms. The van der Waals surface area contributed by atoms with Gasteiger partial charge in [0.05, 0.1) is 12.4 Å². The smallest absolute Gasteiger partial charge is 0.317 e. The van der Waals surface area contributed by atoms with Crippen LogP contribution in [-0.2, 0) is 0 Å². The van der Waals surface area contributed by atoms with Crippen LogP contribution in [0.2, 0.25) is 0 Å². The van der Waals surface area contributed by atoms with Gasteiger partial charge < -0.3 is 15.2 Å². The molecule has 0 unspecified atom stereocenters. The fraction of sp³-hybridized carbons (Fsp3) is 0.412. The first-order valence-electron chi connectivity index (χ1n) is 8.04. The SMILES string of the molecule is C[C@@H](NC(=O)N1CCC(c2cnc[nH]2)CC1)c1cccc(F)c1F. The molecule has 1 aromatic carbocycles. The van der Waals surface area contributed by atoms with E-state index in [9.17, 15) is 13.6 Å². The minimum Gasteiger partial charge on any atom is -0.348 e. The Morgan fingerprint density at radius 1 is 1.38 bits per heavy atom. The molecule has 1 aliphatic rings. The van der Waals surface area contributed by atoms with Crippen LogP contribution in [0.5, 0.6) is 0 Å². The minimum absolute atomic E-state index is 0.149. The van der Waals surface area contributed by atoms with Crippen molar-refractivity contribution in [3.8, 4) is 0 Å². The fourth-order valence-corrected chi connectivity index (χ4v) is 3.09. The highest BCUT2D eigenvalue weighted by molar-refractivity contribution is 5.74. The number of amides is 2. The molecule has 1 aliphatic heterocycles. The number of piperidine rings is 1. The number of nitrogens with zero attached hydrogens (tertiary/aromatic N) is 2. The zero-order valence-corrected chi connectivity index (χ0v) is 13.4. The number of urea groups is 1. The summed E-state index contributed by atoms with van der Waals surface area (Å²) < 4.78 is 27.1. The summed E-state index contributed by atoms with van der Waals surface area (Å²) in [5.41, 5.74) is 1.24. The summed E-state index contributed by atoms with van der Waals surface area (Å²) in [7, 11) is 0. The maximum atomic E-state index is 13.8. The standard InChI is InChI=1S/C17H20F2N4O/c1-11(13-3-2-4-14(18)16(13)19)22-17(24)23-7-5-12(6-8-23)15-9-20-10-21-15/h2-4,9-12H,5-8H2,1H3,(H,20,21)(H,22,24)/t11-/m1/s1. The third-order valence-electron chi connectivity index (χ3n) is 4.53. The number of hydrogen-bond donors (Lipinski definition) is 2. The second kappa shape index (κ2) is 6.98. The average molecular weight is 334 g/mol. The highest BCUT2D eigenvalue weighted by atomic mass is 19.2. The second-order valence-corrected chi connectivity index (χ2v) is 6.08. The average Bonchev–Trinajstić information content (AvgIpc) is 3.12. The van der Waals surface area contributed by atoms with Gasteiger partial charge in [-0.25, -0.2) is 18.6 Å². The van der Waals surface area contributed by atoms with Crippen LogP contribution in [0.3, 0.4) is 0 Å². The summed E-state index contributed by atoms with van der Waals surface area (Å²) in [5.74, 6) is -1.45. The highest BCUT2D eigenvalue weighted by Gasteiger charge is 2.26. The Morgan fingerprint density at radius 2 is 2.12 bits per heavy atom. The first-order valence-corrected chi connectivity index (χ1v) is 8.04. The number of H-pyrrole nitrogens is 1. The number of carbonyl (C=O) groups excluding carboxylic acids is 1. The largest absolute Gasteiger partial charge is 0.348 e. The number of aromatic nitrogens is 2. The molecule has 1 aromatic heterocycles. The van der Waals surface area contributed by atoms with Gasteiger partial charge in [0.1, 0.15) is 0 Å². The van der Waals surface area contributed by atoms with Gasteiger partial charge in [-0.05, 0) is 25.8 Å². The van der Waals surface area contributed by atoms with Crippen LogP contribution in [0.1, 0.15) is 43.0 Å². The molecule has 1 saturated heterocycles. The van der Waals surface area contributed by atoms with Gasteiger partial charge in [0.2, 0.25) is 0 Å². The van der Waals surface area contributed by atoms with E-state index in [1.165, 1.54) is 12.1 Å². The summed E-state index contributed by atoms with van der Waals surface area (Å²) in [6.45, 7) is 2.88. The molecule has 2 aromatic rings. The van der Waals surface area contributed by atoms with E-state index in [2.05, 4.69) is 15.3 Å². The summed E-state index contributed by atoms with van der Waals surface area (Å²) in [5, 5.41) is 2.74. The van der Waals surface area contributed by atoms with Crippen LogP contribution < -0.4 is 5.32 Å². The van der Waals surface area contributed by atoms with Crippen molar-refractivity contribution in [3.63, 3.8) is 0 Å². The molecule has 2 N–H and O–H groups in total. The minimum atomic E-state index is -0.914. The summed E-state index contributed by atoms with van der Waals surface area (Å²) in [6.07, 6.45) is 5.16. The molecule has 2 heterocycles. The maximum absolute atomic E-state index is 13.8. The molecular weight excluding hydrogens is 314 g/mol. The number of hydrogen-bond acceptors (Lipinski definition) is 2. The van der Waals surface area contributed by atoms with E-state index in [0.717, 1.165) is 24.6 Å². The number of aromatic amines is 1. The Balaban J connectivity index is 1.57. The number of likely N-dealkylation sites (tertiary alicyclic amines) is 1. The van der Waals surface area contributed by atoms with Gasteiger partial charge in [-0.15, -0.1) is 0 Å². The van der Waals surface area contributed by atoms with E-state index in [-0.39, 0.29) is 11.6 Å². The normalized spacial score (nSPS) is 16.9. The van der Waals surface area contributed by atoms with E-state index in [1.807, 2.05) is 6.20 Å². The summed E-state index contributed by atoms with van der Waals surface area (Å²) in [4.78, 5) is 21.2. The van der Waals surface area contributed by atoms with Crippen LogP contribution >= 0.6 is 0 Å². The Labute approximate surface area is 139 Å². The van der Waals surface area contributed by atoms with Crippen LogP contribution in [0.4, 0.5) is 13.6 Å². The van der Waals surface area contributed by atoms with Gasteiger partial charge in [0, 0.05) is 36.5 Å². The first kappa shape index (κ1) is 16.4. The van der Waals surface area contributed by atoms with E-state index < -0.39 is 17.7 Å². The summed E-state index contributed by atoms with van der Waals surface area (Å²) >= 11 is 0. The molecule has 0 saturated carbocycles. The van der Waals surface area contributed by atoms with Crippen molar-refractivity contribution in [2.75, 3.05) is 13.1 Å². The number of imidazole rings is 1. The molecular formula is C17H20F2N4O. The molecule has 2 amide bonds. The Bertz CT molecular complexity index is 697. The van der Waals surface area contributed by atoms with Gasteiger partial charge in [0.25, 0.3) is 0 Å². The van der Waals surface area contributed by atoms with Crippen LogP contribution in [0.25, 0.3) is 0 Å². The van der Waals surface area contributed by atoms with Gasteiger partial charge in [-0.2, -0.15) is 0 Å². The lowest BCUT2D eigenvalue weighted by atomic mass is 9.94. The van der Waals surface area contributed by atoms with Crippen molar-refractivity contribution in [2.45, 2.75) is 31.7 Å². The maximum Gasteiger partial charge on any atom is 0.317 e. The Morgan fingerprint density at radius 3 is 2.79 bits per heavy atom. The zero-order valence-electron chi connectivity index (χ0n) is 13.4. The molecule has 0 aliphatic carbocycles. The van der Waals surface area contributed by atoms with Gasteiger partial charge in [-0.1, -0.05) is 12.1 Å². The van der Waals surface area contributed by atoms with Gasteiger partial charge in [-0.3, -0.25) is 0 Å². The molecule has 0 radical (unpaired) electrons. The first-order chi connectivity index (χ1) is 11.6. The topological polar surface area (TPSA) is 61.0 Å². The van der Waals surface area contributed by atoms with E-state index in [0.29, 0.717) is 19.0 Å². The van der Waals surface area contributed by atoms with Crippen molar-refractivity contribution in [2.24, 2.45) is 0 Å². The molecule has 24 heavy (non-hydrogen) atoms. The molecule has 7 heteroatoms. The number of nitrogens with one attached hydrogen (secondary N) is 2. The van der Waals surface area contributed by atoms with Crippen molar-refractivity contribution in [1.82, 2.24) is 20.2 Å². The quantitative estimate of drug-likeness (QED) is 0.904. The second-order valence-electron chi connectivity index (χ2n) is 6.08. The Kier molecular flexibility index (Phi) is 4.78. The third kappa shape index (κ3) is 3.39. The molecule has 128 valence electrons. The number of benzene rings is 1. The predicted molar refractivity (Wildman–Crippen MR) is 85.4 cm³/mol. The van der Waals surface area contributed by atoms with E-state index in [1.54, 1.807) is 18.2 Å². The molecule has 0 spiro atoms. The van der Waals surface area contributed by atoms with Crippen molar-refractivity contribution in [3.05, 3.63) is 53.6 Å². The summed E-state index contributed by atoms with van der Waals surface area (Å²) in [6, 6.07) is 3.13. The van der Waals surface area contributed by atoms with E-state index >= 15 is 0 Å². The monoisotopic (exact) mass is 334 g/mol. The lowest BCUT2D eigenvalue weighted by Crippen LogP contribution is -2.45. The fourth-order valence-electron chi connectivity index (χ4n) is 3.09. The van der Waals surface area contributed by atoms with Crippen molar-refractivity contribution >= 4 is 6.03 Å². The van der Waals surface area contributed by atoms with Crippen LogP contribution in [-0.4, -0.2) is 34.0 Å². The van der Waals surface area contributed by atoms with Gasteiger partial charge >= 0.3 is 6.03 Å².